The predicted molar refractivity (Wildman–Crippen MR) is 79.3 cm³/mol. The van der Waals surface area contributed by atoms with Gasteiger partial charge in [0.1, 0.15) is 13.2 Å². The van der Waals surface area contributed by atoms with Gasteiger partial charge in [-0.25, -0.2) is 0 Å². The predicted octanol–water partition coefficient (Wildman–Crippen LogP) is 1.69. The molecule has 0 atom stereocenters. The van der Waals surface area contributed by atoms with E-state index in [1.165, 1.54) is 0 Å². The van der Waals surface area contributed by atoms with Crippen LogP contribution in [0.25, 0.3) is 0 Å². The summed E-state index contributed by atoms with van der Waals surface area (Å²) >= 11 is 0. The van der Waals surface area contributed by atoms with Crippen LogP contribution in [-0.4, -0.2) is 36.6 Å². The van der Waals surface area contributed by atoms with Gasteiger partial charge >= 0.3 is 0 Å². The minimum atomic E-state index is -0.266. The highest BCUT2D eigenvalue weighted by Crippen LogP contribution is 2.33. The van der Waals surface area contributed by atoms with Gasteiger partial charge in [-0.3, -0.25) is 4.79 Å². The number of fused-ring (bicyclic) bond motifs is 1. The second-order valence-corrected chi connectivity index (χ2v) is 6.12. The van der Waals surface area contributed by atoms with Crippen LogP contribution >= 0.6 is 0 Å². The molecule has 5 nitrogen and oxygen atoms in total. The molecule has 1 aromatic carbocycles. The van der Waals surface area contributed by atoms with Crippen molar-refractivity contribution in [3.8, 4) is 11.5 Å². The van der Waals surface area contributed by atoms with E-state index in [0.29, 0.717) is 26.2 Å². The maximum absolute atomic E-state index is 12.2. The summed E-state index contributed by atoms with van der Waals surface area (Å²) in [6, 6.07) is 5.82. The van der Waals surface area contributed by atoms with Gasteiger partial charge in [0.25, 0.3) is 0 Å². The van der Waals surface area contributed by atoms with E-state index in [0.717, 1.165) is 36.3 Å². The molecule has 3 rings (SSSR count). The van der Waals surface area contributed by atoms with Gasteiger partial charge in [-0.1, -0.05) is 6.07 Å². The Labute approximate surface area is 125 Å². The fourth-order valence-corrected chi connectivity index (χ4v) is 2.79. The highest BCUT2D eigenvalue weighted by atomic mass is 16.6. The number of benzene rings is 1. The Balaban J connectivity index is 1.61. The van der Waals surface area contributed by atoms with Crippen LogP contribution < -0.4 is 15.2 Å². The summed E-state index contributed by atoms with van der Waals surface area (Å²) in [5, 5.41) is 0. The Kier molecular flexibility index (Phi) is 3.76. The van der Waals surface area contributed by atoms with E-state index in [9.17, 15) is 4.79 Å². The molecule has 1 aliphatic heterocycles. The van der Waals surface area contributed by atoms with Crippen LogP contribution in [0.5, 0.6) is 11.5 Å². The van der Waals surface area contributed by atoms with Crippen LogP contribution in [0.15, 0.2) is 18.2 Å². The number of carbonyl (C=O) groups excluding carboxylic acids is 1. The molecule has 0 radical (unpaired) electrons. The largest absolute Gasteiger partial charge is 0.486 e. The topological polar surface area (TPSA) is 64.8 Å². The second kappa shape index (κ2) is 5.56. The Morgan fingerprint density at radius 2 is 2.00 bits per heavy atom. The van der Waals surface area contributed by atoms with Gasteiger partial charge in [-0.15, -0.1) is 0 Å². The lowest BCUT2D eigenvalue weighted by molar-refractivity contribution is -0.132. The quantitative estimate of drug-likeness (QED) is 0.916. The van der Waals surface area contributed by atoms with E-state index in [1.807, 2.05) is 25.2 Å². The molecule has 21 heavy (non-hydrogen) atoms. The summed E-state index contributed by atoms with van der Waals surface area (Å²) in [5.74, 6) is 1.63. The molecule has 114 valence electrons. The fraction of sp³-hybridized carbons (Fsp3) is 0.562. The van der Waals surface area contributed by atoms with Gasteiger partial charge < -0.3 is 20.1 Å². The number of rotatable bonds is 4. The molecule has 0 saturated heterocycles. The van der Waals surface area contributed by atoms with Crippen LogP contribution in [0.4, 0.5) is 0 Å². The van der Waals surface area contributed by atoms with Gasteiger partial charge in [0.15, 0.2) is 11.5 Å². The zero-order valence-corrected chi connectivity index (χ0v) is 12.4. The van der Waals surface area contributed by atoms with Crippen molar-refractivity contribution in [2.24, 2.45) is 5.73 Å². The summed E-state index contributed by atoms with van der Waals surface area (Å²) in [4.78, 5) is 14.0. The van der Waals surface area contributed by atoms with E-state index in [4.69, 9.17) is 15.2 Å². The molecule has 0 spiro atoms. The third-order valence-corrected chi connectivity index (χ3v) is 4.30. The molecule has 1 fully saturated rings. The van der Waals surface area contributed by atoms with E-state index in [-0.39, 0.29) is 11.4 Å². The molecule has 1 amide bonds. The lowest BCUT2D eigenvalue weighted by Gasteiger charge is -2.38. The van der Waals surface area contributed by atoms with Gasteiger partial charge in [0.05, 0.1) is 0 Å². The number of ether oxygens (including phenoxy) is 2. The Morgan fingerprint density at radius 3 is 2.67 bits per heavy atom. The van der Waals surface area contributed by atoms with E-state index < -0.39 is 0 Å². The van der Waals surface area contributed by atoms with Crippen LogP contribution in [0.3, 0.4) is 0 Å². The molecule has 2 N–H and O–H groups in total. The molecular formula is C16H22N2O3. The minimum Gasteiger partial charge on any atom is -0.486 e. The van der Waals surface area contributed by atoms with E-state index in [2.05, 4.69) is 0 Å². The molecule has 1 aromatic rings. The number of hydrogen-bond acceptors (Lipinski definition) is 4. The molecule has 1 saturated carbocycles. The zero-order valence-electron chi connectivity index (χ0n) is 12.4. The molecule has 0 unspecified atom stereocenters. The second-order valence-electron chi connectivity index (χ2n) is 6.12. The third-order valence-electron chi connectivity index (χ3n) is 4.30. The van der Waals surface area contributed by atoms with Crippen molar-refractivity contribution in [3.63, 3.8) is 0 Å². The van der Waals surface area contributed by atoms with Crippen molar-refractivity contribution < 1.29 is 14.3 Å². The summed E-state index contributed by atoms with van der Waals surface area (Å²) in [7, 11) is 1.82. The minimum absolute atomic E-state index is 0.104. The highest BCUT2D eigenvalue weighted by Gasteiger charge is 2.35. The van der Waals surface area contributed by atoms with Crippen molar-refractivity contribution in [2.45, 2.75) is 37.8 Å². The van der Waals surface area contributed by atoms with Crippen molar-refractivity contribution in [1.29, 1.82) is 0 Å². The third kappa shape index (κ3) is 3.13. The van der Waals surface area contributed by atoms with Crippen molar-refractivity contribution in [2.75, 3.05) is 20.3 Å². The van der Waals surface area contributed by atoms with Gasteiger partial charge in [0.2, 0.25) is 5.91 Å². The van der Waals surface area contributed by atoms with Gasteiger partial charge in [0, 0.05) is 25.6 Å². The monoisotopic (exact) mass is 290 g/mol. The van der Waals surface area contributed by atoms with E-state index >= 15 is 0 Å². The van der Waals surface area contributed by atoms with Gasteiger partial charge in [-0.05, 0) is 37.0 Å². The molecular weight excluding hydrogens is 268 g/mol. The smallest absolute Gasteiger partial charge is 0.224 e. The van der Waals surface area contributed by atoms with Crippen molar-refractivity contribution in [3.05, 3.63) is 23.8 Å². The maximum atomic E-state index is 12.2. The summed E-state index contributed by atoms with van der Waals surface area (Å²) in [6.07, 6.45) is 3.48. The Bertz CT molecular complexity index is 540. The molecule has 0 aromatic heterocycles. The standard InChI is InChI=1S/C16H22N2O3/c1-18(15(19)10-16(17)5-2-6-16)11-12-3-4-13-14(9-12)21-8-7-20-13/h3-4,9H,2,5-8,10-11,17H2,1H3. The van der Waals surface area contributed by atoms with Crippen LogP contribution in [0.1, 0.15) is 31.2 Å². The average Bonchev–Trinajstić information content (AvgIpc) is 2.45. The number of nitrogens with two attached hydrogens (primary N) is 1. The summed E-state index contributed by atoms with van der Waals surface area (Å²) in [5.41, 5.74) is 6.91. The normalized spacial score (nSPS) is 18.8. The maximum Gasteiger partial charge on any atom is 0.224 e. The van der Waals surface area contributed by atoms with Crippen molar-refractivity contribution >= 4 is 5.91 Å². The zero-order chi connectivity index (χ0) is 14.9. The molecule has 1 aliphatic carbocycles. The van der Waals surface area contributed by atoms with Crippen molar-refractivity contribution in [1.82, 2.24) is 4.90 Å². The first-order chi connectivity index (χ1) is 10.1. The average molecular weight is 290 g/mol. The molecule has 0 bridgehead atoms. The first-order valence-electron chi connectivity index (χ1n) is 7.47. The van der Waals surface area contributed by atoms with Crippen LogP contribution in [0.2, 0.25) is 0 Å². The number of amides is 1. The first-order valence-corrected chi connectivity index (χ1v) is 7.47. The van der Waals surface area contributed by atoms with Crippen LogP contribution in [0, 0.1) is 0 Å². The fourth-order valence-electron chi connectivity index (χ4n) is 2.79. The number of nitrogens with zero attached hydrogens (tertiary/aromatic N) is 1. The summed E-state index contributed by atoms with van der Waals surface area (Å²) < 4.78 is 11.1. The molecule has 1 heterocycles. The first kappa shape index (κ1) is 14.2. The van der Waals surface area contributed by atoms with Crippen LogP contribution in [-0.2, 0) is 11.3 Å². The lowest BCUT2D eigenvalue weighted by atomic mass is 9.75. The molecule has 2 aliphatic rings. The lowest BCUT2D eigenvalue weighted by Crippen LogP contribution is -2.50. The Hall–Kier alpha value is -1.75. The SMILES string of the molecule is CN(Cc1ccc2c(c1)OCCO2)C(=O)CC1(N)CCC1. The number of hydrogen-bond donors (Lipinski definition) is 1. The number of carbonyl (C=O) groups is 1. The highest BCUT2D eigenvalue weighted by molar-refractivity contribution is 5.77. The Morgan fingerprint density at radius 1 is 1.29 bits per heavy atom. The van der Waals surface area contributed by atoms with E-state index in [1.54, 1.807) is 4.90 Å². The summed E-state index contributed by atoms with van der Waals surface area (Å²) in [6.45, 7) is 1.72. The van der Waals surface area contributed by atoms with Gasteiger partial charge in [-0.2, -0.15) is 0 Å². The molecule has 5 heteroatoms.